The van der Waals surface area contributed by atoms with Crippen molar-refractivity contribution in [3.63, 3.8) is 0 Å². The molecule has 3 N–H and O–H groups in total. The predicted octanol–water partition coefficient (Wildman–Crippen LogP) is 0.786. The Labute approximate surface area is 75.5 Å². The Balaban J connectivity index is 2.40. The highest BCUT2D eigenvalue weighted by Gasteiger charge is 2.15. The van der Waals surface area contributed by atoms with Crippen LogP contribution in [0.25, 0.3) is 0 Å². The summed E-state index contributed by atoms with van der Waals surface area (Å²) in [6.07, 6.45) is 7.72. The quantitative estimate of drug-likeness (QED) is 0.623. The first kappa shape index (κ1) is 8.04. The fraction of sp³-hybridized carbons (Fsp3) is 0.333. The van der Waals surface area contributed by atoms with E-state index in [1.165, 1.54) is 0 Å². The van der Waals surface area contributed by atoms with Gasteiger partial charge in [-0.25, -0.2) is 4.98 Å². The van der Waals surface area contributed by atoms with Gasteiger partial charge in [-0.05, 0) is 12.8 Å². The molecular formula is C9H11N3O. The maximum absolute atomic E-state index is 11.4. The van der Waals surface area contributed by atoms with Gasteiger partial charge in [0.25, 0.3) is 5.56 Å². The molecule has 1 aliphatic rings. The largest absolute Gasteiger partial charge is 0.369 e. The zero-order valence-electron chi connectivity index (χ0n) is 7.16. The molecule has 0 aromatic carbocycles. The van der Waals surface area contributed by atoms with Gasteiger partial charge in [0, 0.05) is 17.7 Å². The van der Waals surface area contributed by atoms with Crippen molar-refractivity contribution in [2.45, 2.75) is 18.8 Å². The van der Waals surface area contributed by atoms with E-state index in [-0.39, 0.29) is 17.4 Å². The number of nitrogens with two attached hydrogens (primary N) is 1. The third-order valence-corrected chi connectivity index (χ3v) is 2.26. The minimum atomic E-state index is -0.121. The standard InChI is InChI=1S/C9H11N3O/c10-9-11-5-7(8(13)12-9)6-3-1-2-4-6/h1,3,5-6H,2,4H2,(H3,10,11,12,13). The molecular weight excluding hydrogens is 166 g/mol. The molecule has 1 unspecified atom stereocenters. The smallest absolute Gasteiger partial charge is 0.256 e. The van der Waals surface area contributed by atoms with Crippen LogP contribution >= 0.6 is 0 Å². The van der Waals surface area contributed by atoms with Gasteiger partial charge in [0.15, 0.2) is 5.95 Å². The molecule has 1 aromatic heterocycles. The van der Waals surface area contributed by atoms with Crippen LogP contribution in [-0.4, -0.2) is 9.97 Å². The fourth-order valence-corrected chi connectivity index (χ4v) is 1.57. The molecule has 4 nitrogen and oxygen atoms in total. The monoisotopic (exact) mass is 177 g/mol. The molecule has 4 heteroatoms. The van der Waals surface area contributed by atoms with Crippen molar-refractivity contribution in [2.75, 3.05) is 5.73 Å². The number of rotatable bonds is 1. The molecule has 1 atom stereocenters. The summed E-state index contributed by atoms with van der Waals surface area (Å²) in [6, 6.07) is 0. The number of hydrogen-bond donors (Lipinski definition) is 2. The van der Waals surface area contributed by atoms with Crippen LogP contribution < -0.4 is 11.3 Å². The van der Waals surface area contributed by atoms with E-state index in [0.717, 1.165) is 12.8 Å². The predicted molar refractivity (Wildman–Crippen MR) is 50.4 cm³/mol. The molecule has 13 heavy (non-hydrogen) atoms. The molecule has 0 radical (unpaired) electrons. The van der Waals surface area contributed by atoms with E-state index < -0.39 is 0 Å². The highest BCUT2D eigenvalue weighted by Crippen LogP contribution is 2.25. The van der Waals surface area contributed by atoms with Crippen LogP contribution in [0.15, 0.2) is 23.1 Å². The molecule has 1 aromatic rings. The molecule has 2 rings (SSSR count). The minimum absolute atomic E-state index is 0.121. The lowest BCUT2D eigenvalue weighted by atomic mass is 10.0. The molecule has 1 aliphatic carbocycles. The van der Waals surface area contributed by atoms with Crippen LogP contribution in [0.1, 0.15) is 24.3 Å². The molecule has 0 amide bonds. The summed E-state index contributed by atoms with van der Waals surface area (Å²) in [6.45, 7) is 0. The molecule has 0 saturated carbocycles. The van der Waals surface area contributed by atoms with E-state index >= 15 is 0 Å². The summed E-state index contributed by atoms with van der Waals surface area (Å²) in [5.74, 6) is 0.396. The third-order valence-electron chi connectivity index (χ3n) is 2.26. The first-order chi connectivity index (χ1) is 6.27. The molecule has 0 spiro atoms. The minimum Gasteiger partial charge on any atom is -0.369 e. The number of H-pyrrole nitrogens is 1. The van der Waals surface area contributed by atoms with Crippen molar-refractivity contribution < 1.29 is 0 Å². The highest BCUT2D eigenvalue weighted by atomic mass is 16.1. The van der Waals surface area contributed by atoms with Gasteiger partial charge in [0.05, 0.1) is 0 Å². The lowest BCUT2D eigenvalue weighted by molar-refractivity contribution is 0.781. The second-order valence-corrected chi connectivity index (χ2v) is 3.16. The number of aromatic nitrogens is 2. The fourth-order valence-electron chi connectivity index (χ4n) is 1.57. The molecule has 0 aliphatic heterocycles. The topological polar surface area (TPSA) is 71.8 Å². The van der Waals surface area contributed by atoms with Crippen LogP contribution in [0.2, 0.25) is 0 Å². The summed E-state index contributed by atoms with van der Waals surface area (Å²) < 4.78 is 0. The van der Waals surface area contributed by atoms with Gasteiger partial charge in [0.1, 0.15) is 0 Å². The summed E-state index contributed by atoms with van der Waals surface area (Å²) >= 11 is 0. The maximum atomic E-state index is 11.4. The zero-order chi connectivity index (χ0) is 9.26. The maximum Gasteiger partial charge on any atom is 0.256 e. The second kappa shape index (κ2) is 3.05. The van der Waals surface area contributed by atoms with Crippen LogP contribution in [0.4, 0.5) is 5.95 Å². The van der Waals surface area contributed by atoms with Gasteiger partial charge in [-0.1, -0.05) is 12.2 Å². The number of nitrogen functional groups attached to an aromatic ring is 1. The van der Waals surface area contributed by atoms with Gasteiger partial charge in [0.2, 0.25) is 0 Å². The summed E-state index contributed by atoms with van der Waals surface area (Å²) in [7, 11) is 0. The van der Waals surface area contributed by atoms with E-state index in [9.17, 15) is 4.79 Å². The molecule has 0 fully saturated rings. The van der Waals surface area contributed by atoms with Crippen molar-refractivity contribution in [1.82, 2.24) is 9.97 Å². The zero-order valence-corrected chi connectivity index (χ0v) is 7.16. The van der Waals surface area contributed by atoms with Gasteiger partial charge in [-0.2, -0.15) is 0 Å². The molecule has 0 bridgehead atoms. The number of allylic oxidation sites excluding steroid dienone is 2. The molecule has 1 heterocycles. The van der Waals surface area contributed by atoms with Gasteiger partial charge in [-0.15, -0.1) is 0 Å². The van der Waals surface area contributed by atoms with Gasteiger partial charge >= 0.3 is 0 Å². The Morgan fingerprint density at radius 2 is 2.46 bits per heavy atom. The summed E-state index contributed by atoms with van der Waals surface area (Å²) in [5.41, 5.74) is 5.93. The number of aromatic amines is 1. The Morgan fingerprint density at radius 1 is 1.62 bits per heavy atom. The third kappa shape index (κ3) is 1.47. The van der Waals surface area contributed by atoms with Crippen molar-refractivity contribution in [3.05, 3.63) is 34.3 Å². The Morgan fingerprint density at radius 3 is 3.08 bits per heavy atom. The Hall–Kier alpha value is -1.58. The van der Waals surface area contributed by atoms with Crippen molar-refractivity contribution >= 4 is 5.95 Å². The van der Waals surface area contributed by atoms with E-state index in [4.69, 9.17) is 5.73 Å². The van der Waals surface area contributed by atoms with Gasteiger partial charge in [-0.3, -0.25) is 9.78 Å². The number of nitrogens with zero attached hydrogens (tertiary/aromatic N) is 1. The van der Waals surface area contributed by atoms with Crippen molar-refractivity contribution in [2.24, 2.45) is 0 Å². The lowest BCUT2D eigenvalue weighted by Gasteiger charge is -2.05. The van der Waals surface area contributed by atoms with Crippen LogP contribution in [-0.2, 0) is 0 Å². The van der Waals surface area contributed by atoms with E-state index in [1.807, 2.05) is 6.08 Å². The highest BCUT2D eigenvalue weighted by molar-refractivity contribution is 5.25. The first-order valence-electron chi connectivity index (χ1n) is 4.29. The molecule has 0 saturated heterocycles. The number of anilines is 1. The van der Waals surface area contributed by atoms with Crippen LogP contribution in [0, 0.1) is 0 Å². The average Bonchev–Trinajstić information content (AvgIpc) is 2.56. The Kier molecular flexibility index (Phi) is 1.88. The molecule has 68 valence electrons. The van der Waals surface area contributed by atoms with Crippen molar-refractivity contribution in [3.8, 4) is 0 Å². The summed E-state index contributed by atoms with van der Waals surface area (Å²) in [4.78, 5) is 17.8. The lowest BCUT2D eigenvalue weighted by Crippen LogP contribution is -2.17. The number of nitrogens with one attached hydrogen (secondary N) is 1. The van der Waals surface area contributed by atoms with Gasteiger partial charge < -0.3 is 5.73 Å². The summed E-state index contributed by atoms with van der Waals surface area (Å²) in [5, 5.41) is 0. The second-order valence-electron chi connectivity index (χ2n) is 3.16. The van der Waals surface area contributed by atoms with E-state index in [0.29, 0.717) is 5.56 Å². The van der Waals surface area contributed by atoms with E-state index in [1.54, 1.807) is 6.20 Å². The Bertz CT molecular complexity index is 394. The van der Waals surface area contributed by atoms with Crippen LogP contribution in [0.5, 0.6) is 0 Å². The normalized spacial score (nSPS) is 20.8. The van der Waals surface area contributed by atoms with Crippen molar-refractivity contribution in [1.29, 1.82) is 0 Å². The average molecular weight is 177 g/mol. The van der Waals surface area contributed by atoms with Crippen LogP contribution in [0.3, 0.4) is 0 Å². The number of hydrogen-bond acceptors (Lipinski definition) is 3. The van der Waals surface area contributed by atoms with E-state index in [2.05, 4.69) is 16.0 Å². The first-order valence-corrected chi connectivity index (χ1v) is 4.29. The SMILES string of the molecule is Nc1ncc(C2C=CCC2)c(=O)[nH]1.